The second-order valence-electron chi connectivity index (χ2n) is 5.22. The van der Waals surface area contributed by atoms with Crippen molar-refractivity contribution in [3.8, 4) is 0 Å². The van der Waals surface area contributed by atoms with E-state index >= 15 is 0 Å². The molecule has 110 valence electrons. The molecule has 21 heavy (non-hydrogen) atoms. The first-order valence-electron chi connectivity index (χ1n) is 7.37. The van der Waals surface area contributed by atoms with Gasteiger partial charge in [-0.2, -0.15) is 0 Å². The van der Waals surface area contributed by atoms with Gasteiger partial charge in [-0.1, -0.05) is 56.3 Å². The molecule has 0 aliphatic rings. The van der Waals surface area contributed by atoms with E-state index in [1.807, 2.05) is 18.2 Å². The normalized spacial score (nSPS) is 11.7. The molecule has 0 aromatic heterocycles. The predicted molar refractivity (Wildman–Crippen MR) is 94.7 cm³/mol. The van der Waals surface area contributed by atoms with E-state index in [4.69, 9.17) is 12.2 Å². The number of nitrogens with one attached hydrogen (secondary N) is 2. The maximum atomic E-state index is 5.32. The van der Waals surface area contributed by atoms with Crippen LogP contribution in [-0.4, -0.2) is 5.11 Å². The van der Waals surface area contributed by atoms with Crippen LogP contribution in [0.15, 0.2) is 54.6 Å². The van der Waals surface area contributed by atoms with Crippen LogP contribution in [0.2, 0.25) is 0 Å². The van der Waals surface area contributed by atoms with Gasteiger partial charge in [-0.3, -0.25) is 0 Å². The maximum Gasteiger partial charge on any atom is 0.171 e. The van der Waals surface area contributed by atoms with Crippen LogP contribution >= 0.6 is 12.2 Å². The molecule has 3 heteroatoms. The standard InChI is InChI=1S/C18H22N2S/c1-3-14(2)16-9-11-17(12-10-16)20-18(21)19-13-15-7-5-4-6-8-15/h4-12,14H,3,13H2,1-2H3,(H2,19,20,21)/t14-/m1/s1. The Bertz CT molecular complexity index is 564. The molecular weight excluding hydrogens is 276 g/mol. The summed E-state index contributed by atoms with van der Waals surface area (Å²) < 4.78 is 0. The van der Waals surface area contributed by atoms with E-state index in [0.717, 1.165) is 18.7 Å². The Balaban J connectivity index is 1.85. The van der Waals surface area contributed by atoms with E-state index in [0.29, 0.717) is 11.0 Å². The highest BCUT2D eigenvalue weighted by Crippen LogP contribution is 2.20. The molecule has 0 spiro atoms. The molecule has 1 atom stereocenters. The fourth-order valence-corrected chi connectivity index (χ4v) is 2.27. The highest BCUT2D eigenvalue weighted by molar-refractivity contribution is 7.80. The summed E-state index contributed by atoms with van der Waals surface area (Å²) in [4.78, 5) is 0. The third kappa shape index (κ3) is 4.87. The minimum atomic E-state index is 0.599. The van der Waals surface area contributed by atoms with Crippen LogP contribution < -0.4 is 10.6 Å². The molecule has 0 amide bonds. The Kier molecular flexibility index (Phi) is 5.76. The van der Waals surface area contributed by atoms with Gasteiger partial charge in [0, 0.05) is 12.2 Å². The number of thiocarbonyl (C=S) groups is 1. The van der Waals surface area contributed by atoms with Crippen molar-refractivity contribution in [2.24, 2.45) is 0 Å². The molecule has 0 radical (unpaired) electrons. The quantitative estimate of drug-likeness (QED) is 0.783. The van der Waals surface area contributed by atoms with Gasteiger partial charge in [0.2, 0.25) is 0 Å². The van der Waals surface area contributed by atoms with Crippen LogP contribution in [0, 0.1) is 0 Å². The van der Waals surface area contributed by atoms with Crippen LogP contribution in [0.4, 0.5) is 5.69 Å². The monoisotopic (exact) mass is 298 g/mol. The van der Waals surface area contributed by atoms with Gasteiger partial charge in [0.15, 0.2) is 5.11 Å². The maximum absolute atomic E-state index is 5.32. The van der Waals surface area contributed by atoms with Crippen molar-refractivity contribution in [1.29, 1.82) is 0 Å². The molecule has 0 aliphatic heterocycles. The molecule has 0 saturated heterocycles. The zero-order valence-electron chi connectivity index (χ0n) is 12.6. The van der Waals surface area contributed by atoms with Crippen LogP contribution in [0.3, 0.4) is 0 Å². The van der Waals surface area contributed by atoms with E-state index in [1.165, 1.54) is 11.1 Å². The van der Waals surface area contributed by atoms with E-state index < -0.39 is 0 Å². The van der Waals surface area contributed by atoms with Crippen molar-refractivity contribution in [2.75, 3.05) is 5.32 Å². The first-order valence-corrected chi connectivity index (χ1v) is 7.78. The fraction of sp³-hybridized carbons (Fsp3) is 0.278. The van der Waals surface area contributed by atoms with Crippen molar-refractivity contribution >= 4 is 23.0 Å². The third-order valence-corrected chi connectivity index (χ3v) is 3.89. The molecule has 2 nitrogen and oxygen atoms in total. The number of hydrogen-bond acceptors (Lipinski definition) is 1. The Morgan fingerprint density at radius 2 is 1.71 bits per heavy atom. The highest BCUT2D eigenvalue weighted by atomic mass is 32.1. The van der Waals surface area contributed by atoms with Gasteiger partial charge in [0.1, 0.15) is 0 Å². The van der Waals surface area contributed by atoms with Crippen molar-refractivity contribution in [3.05, 3.63) is 65.7 Å². The minimum absolute atomic E-state index is 0.599. The lowest BCUT2D eigenvalue weighted by molar-refractivity contribution is 0.734. The zero-order chi connectivity index (χ0) is 15.1. The first kappa shape index (κ1) is 15.5. The summed E-state index contributed by atoms with van der Waals surface area (Å²) in [5.74, 6) is 0.599. The van der Waals surface area contributed by atoms with Crippen molar-refractivity contribution in [3.63, 3.8) is 0 Å². The second-order valence-corrected chi connectivity index (χ2v) is 5.63. The second kappa shape index (κ2) is 7.79. The largest absolute Gasteiger partial charge is 0.358 e. The summed E-state index contributed by atoms with van der Waals surface area (Å²) in [7, 11) is 0. The average Bonchev–Trinajstić information content (AvgIpc) is 2.54. The minimum Gasteiger partial charge on any atom is -0.358 e. The van der Waals surface area contributed by atoms with Crippen molar-refractivity contribution < 1.29 is 0 Å². The van der Waals surface area contributed by atoms with Crippen LogP contribution in [0.1, 0.15) is 37.3 Å². The lowest BCUT2D eigenvalue weighted by Gasteiger charge is -2.13. The highest BCUT2D eigenvalue weighted by Gasteiger charge is 2.03. The number of anilines is 1. The van der Waals surface area contributed by atoms with Crippen molar-refractivity contribution in [2.45, 2.75) is 32.7 Å². The molecular formula is C18H22N2S. The van der Waals surface area contributed by atoms with Gasteiger partial charge in [-0.15, -0.1) is 0 Å². The molecule has 0 saturated carbocycles. The Morgan fingerprint density at radius 3 is 2.33 bits per heavy atom. The lowest BCUT2D eigenvalue weighted by Crippen LogP contribution is -2.27. The molecule has 2 aromatic carbocycles. The van der Waals surface area contributed by atoms with Gasteiger partial charge in [0.25, 0.3) is 0 Å². The number of rotatable bonds is 5. The molecule has 0 bridgehead atoms. The predicted octanol–water partition coefficient (Wildman–Crippen LogP) is 4.69. The van der Waals surface area contributed by atoms with Crippen LogP contribution in [0.25, 0.3) is 0 Å². The summed E-state index contributed by atoms with van der Waals surface area (Å²) in [5, 5.41) is 7.08. The van der Waals surface area contributed by atoms with E-state index in [9.17, 15) is 0 Å². The molecule has 2 aromatic rings. The van der Waals surface area contributed by atoms with E-state index in [-0.39, 0.29) is 0 Å². The SMILES string of the molecule is CC[C@@H](C)c1ccc(NC(=S)NCc2ccccc2)cc1. The Morgan fingerprint density at radius 1 is 1.05 bits per heavy atom. The summed E-state index contributed by atoms with van der Waals surface area (Å²) >= 11 is 5.32. The Hall–Kier alpha value is -1.87. The van der Waals surface area contributed by atoms with Gasteiger partial charge >= 0.3 is 0 Å². The fourth-order valence-electron chi connectivity index (χ4n) is 2.08. The molecule has 0 fully saturated rings. The summed E-state index contributed by atoms with van der Waals surface area (Å²) in [5.41, 5.74) is 3.60. The third-order valence-electron chi connectivity index (χ3n) is 3.65. The molecule has 2 rings (SSSR count). The number of benzene rings is 2. The van der Waals surface area contributed by atoms with E-state index in [2.05, 4.69) is 60.9 Å². The molecule has 0 aliphatic carbocycles. The topological polar surface area (TPSA) is 24.1 Å². The summed E-state index contributed by atoms with van der Waals surface area (Å²) in [6, 6.07) is 18.7. The molecule has 0 unspecified atom stereocenters. The number of hydrogen-bond donors (Lipinski definition) is 2. The first-order chi connectivity index (χ1) is 10.2. The van der Waals surface area contributed by atoms with Gasteiger partial charge < -0.3 is 10.6 Å². The van der Waals surface area contributed by atoms with Gasteiger partial charge in [0.05, 0.1) is 0 Å². The average molecular weight is 298 g/mol. The van der Waals surface area contributed by atoms with Gasteiger partial charge in [-0.25, -0.2) is 0 Å². The molecule has 0 heterocycles. The Labute approximate surface area is 132 Å². The summed E-state index contributed by atoms with van der Waals surface area (Å²) in [6.45, 7) is 5.19. The van der Waals surface area contributed by atoms with Crippen LogP contribution in [0.5, 0.6) is 0 Å². The smallest absolute Gasteiger partial charge is 0.171 e. The lowest BCUT2D eigenvalue weighted by atomic mass is 9.99. The molecule has 2 N–H and O–H groups in total. The van der Waals surface area contributed by atoms with Gasteiger partial charge in [-0.05, 0) is 47.8 Å². The summed E-state index contributed by atoms with van der Waals surface area (Å²) in [6.07, 6.45) is 1.16. The van der Waals surface area contributed by atoms with E-state index in [1.54, 1.807) is 0 Å². The van der Waals surface area contributed by atoms with Crippen molar-refractivity contribution in [1.82, 2.24) is 5.32 Å². The van der Waals surface area contributed by atoms with Crippen LogP contribution in [-0.2, 0) is 6.54 Å². The zero-order valence-corrected chi connectivity index (χ0v) is 13.4.